The van der Waals surface area contributed by atoms with E-state index in [-0.39, 0.29) is 18.1 Å². The van der Waals surface area contributed by atoms with Crippen LogP contribution in [-0.2, 0) is 14.3 Å². The minimum Gasteiger partial charge on any atom is -0.468 e. The normalized spacial score (nSPS) is 20.3. The van der Waals surface area contributed by atoms with E-state index in [1.165, 1.54) is 7.11 Å². The Labute approximate surface area is 91.3 Å². The molecule has 1 aliphatic heterocycles. The molecule has 1 heterocycles. The van der Waals surface area contributed by atoms with Crippen LogP contribution in [0.15, 0.2) is 0 Å². The third kappa shape index (κ3) is 3.80. The van der Waals surface area contributed by atoms with Crippen LogP contribution >= 0.6 is 0 Å². The quantitative estimate of drug-likeness (QED) is 0.709. The van der Waals surface area contributed by atoms with Crippen molar-refractivity contribution >= 4 is 5.97 Å². The number of carbonyl (C=O) groups excluding carboxylic acids is 1. The molecule has 0 aliphatic carbocycles. The van der Waals surface area contributed by atoms with E-state index < -0.39 is 0 Å². The predicted molar refractivity (Wildman–Crippen MR) is 57.6 cm³/mol. The van der Waals surface area contributed by atoms with Crippen molar-refractivity contribution in [2.45, 2.75) is 38.8 Å². The lowest BCUT2D eigenvalue weighted by Crippen LogP contribution is -2.48. The second kappa shape index (κ2) is 6.08. The second-order valence-electron chi connectivity index (χ2n) is 4.27. The molecule has 4 nitrogen and oxygen atoms in total. The summed E-state index contributed by atoms with van der Waals surface area (Å²) < 4.78 is 10.1. The fourth-order valence-electron chi connectivity index (χ4n) is 1.93. The maximum Gasteiger partial charge on any atom is 0.323 e. The summed E-state index contributed by atoms with van der Waals surface area (Å²) in [6.07, 6.45) is 1.86. The Morgan fingerprint density at radius 3 is 2.47 bits per heavy atom. The van der Waals surface area contributed by atoms with Crippen molar-refractivity contribution in [2.75, 3.05) is 20.3 Å². The van der Waals surface area contributed by atoms with Gasteiger partial charge < -0.3 is 14.8 Å². The molecule has 1 atom stereocenters. The van der Waals surface area contributed by atoms with E-state index >= 15 is 0 Å². The van der Waals surface area contributed by atoms with E-state index in [1.807, 2.05) is 13.8 Å². The molecule has 0 saturated carbocycles. The van der Waals surface area contributed by atoms with Gasteiger partial charge in [0.25, 0.3) is 0 Å². The zero-order chi connectivity index (χ0) is 11.3. The Balaban J connectivity index is 2.57. The topological polar surface area (TPSA) is 47.6 Å². The molecule has 88 valence electrons. The Kier molecular flexibility index (Phi) is 5.05. The Morgan fingerprint density at radius 1 is 1.40 bits per heavy atom. The van der Waals surface area contributed by atoms with Crippen LogP contribution in [0, 0.1) is 5.92 Å². The van der Waals surface area contributed by atoms with Crippen molar-refractivity contribution in [3.05, 3.63) is 0 Å². The van der Waals surface area contributed by atoms with Crippen LogP contribution in [0.1, 0.15) is 26.7 Å². The first-order valence-electron chi connectivity index (χ1n) is 5.56. The summed E-state index contributed by atoms with van der Waals surface area (Å²) in [5.74, 6) is 0.184. The van der Waals surface area contributed by atoms with Gasteiger partial charge in [-0.3, -0.25) is 4.79 Å². The molecule has 1 unspecified atom stereocenters. The average Bonchev–Trinajstić information content (AvgIpc) is 2.26. The Morgan fingerprint density at radius 2 is 2.00 bits per heavy atom. The van der Waals surface area contributed by atoms with E-state index in [1.54, 1.807) is 0 Å². The summed E-state index contributed by atoms with van der Waals surface area (Å²) >= 11 is 0. The van der Waals surface area contributed by atoms with E-state index in [4.69, 9.17) is 9.47 Å². The number of methoxy groups -OCH3 is 1. The van der Waals surface area contributed by atoms with Crippen molar-refractivity contribution in [3.8, 4) is 0 Å². The van der Waals surface area contributed by atoms with Crippen LogP contribution in [0.3, 0.4) is 0 Å². The summed E-state index contributed by atoms with van der Waals surface area (Å²) in [5.41, 5.74) is 0. The monoisotopic (exact) mass is 215 g/mol. The maximum atomic E-state index is 11.6. The number of esters is 1. The van der Waals surface area contributed by atoms with E-state index in [0.717, 1.165) is 26.1 Å². The fourth-order valence-corrected chi connectivity index (χ4v) is 1.93. The van der Waals surface area contributed by atoms with Gasteiger partial charge in [0.05, 0.1) is 7.11 Å². The zero-order valence-electron chi connectivity index (χ0n) is 9.79. The first-order valence-corrected chi connectivity index (χ1v) is 5.56. The van der Waals surface area contributed by atoms with Gasteiger partial charge in [-0.25, -0.2) is 0 Å². The molecule has 0 aromatic rings. The van der Waals surface area contributed by atoms with Gasteiger partial charge in [-0.2, -0.15) is 0 Å². The number of nitrogens with one attached hydrogen (secondary N) is 1. The molecular formula is C11H21NO3. The first kappa shape index (κ1) is 12.5. The van der Waals surface area contributed by atoms with Crippen molar-refractivity contribution in [3.63, 3.8) is 0 Å². The highest BCUT2D eigenvalue weighted by molar-refractivity contribution is 5.76. The molecule has 1 aliphatic rings. The van der Waals surface area contributed by atoms with Crippen molar-refractivity contribution in [1.29, 1.82) is 0 Å². The lowest BCUT2D eigenvalue weighted by Gasteiger charge is -2.30. The third-order valence-electron chi connectivity index (χ3n) is 2.71. The second-order valence-corrected chi connectivity index (χ2v) is 4.27. The molecule has 15 heavy (non-hydrogen) atoms. The Hall–Kier alpha value is -0.610. The maximum absolute atomic E-state index is 11.6. The summed E-state index contributed by atoms with van der Waals surface area (Å²) in [7, 11) is 1.44. The summed E-state index contributed by atoms with van der Waals surface area (Å²) in [6.45, 7) is 5.57. The molecule has 0 spiro atoms. The molecule has 1 saturated heterocycles. The first-order chi connectivity index (χ1) is 7.15. The van der Waals surface area contributed by atoms with E-state index in [9.17, 15) is 4.79 Å². The van der Waals surface area contributed by atoms with Crippen LogP contribution in [0.5, 0.6) is 0 Å². The van der Waals surface area contributed by atoms with Crippen LogP contribution in [0.2, 0.25) is 0 Å². The molecule has 0 bridgehead atoms. The van der Waals surface area contributed by atoms with Crippen molar-refractivity contribution in [1.82, 2.24) is 5.32 Å². The molecule has 4 heteroatoms. The molecule has 0 amide bonds. The van der Waals surface area contributed by atoms with Gasteiger partial charge in [-0.05, 0) is 18.8 Å². The van der Waals surface area contributed by atoms with Gasteiger partial charge in [0.15, 0.2) is 0 Å². The van der Waals surface area contributed by atoms with Gasteiger partial charge >= 0.3 is 5.97 Å². The summed E-state index contributed by atoms with van der Waals surface area (Å²) in [4.78, 5) is 11.6. The van der Waals surface area contributed by atoms with Gasteiger partial charge in [0.1, 0.15) is 6.04 Å². The number of hydrogen-bond acceptors (Lipinski definition) is 4. The van der Waals surface area contributed by atoms with Gasteiger partial charge in [0, 0.05) is 19.3 Å². The number of hydrogen-bond donors (Lipinski definition) is 1. The lowest BCUT2D eigenvalue weighted by atomic mass is 9.91. The highest BCUT2D eigenvalue weighted by Gasteiger charge is 2.30. The van der Waals surface area contributed by atoms with Gasteiger partial charge in [0.2, 0.25) is 0 Å². The molecule has 1 fully saturated rings. The van der Waals surface area contributed by atoms with Gasteiger partial charge in [-0.1, -0.05) is 13.8 Å². The third-order valence-corrected chi connectivity index (χ3v) is 2.71. The van der Waals surface area contributed by atoms with Crippen LogP contribution in [0.4, 0.5) is 0 Å². The highest BCUT2D eigenvalue weighted by Crippen LogP contribution is 2.20. The zero-order valence-corrected chi connectivity index (χ0v) is 9.79. The molecular weight excluding hydrogens is 194 g/mol. The summed E-state index contributed by atoms with van der Waals surface area (Å²) in [5, 5.41) is 3.27. The lowest BCUT2D eigenvalue weighted by molar-refractivity contribution is -0.145. The molecule has 0 radical (unpaired) electrons. The smallest absolute Gasteiger partial charge is 0.323 e. The minimum absolute atomic E-state index is 0.157. The molecule has 1 N–H and O–H groups in total. The fraction of sp³-hybridized carbons (Fsp3) is 0.909. The van der Waals surface area contributed by atoms with Crippen LogP contribution in [0.25, 0.3) is 0 Å². The number of carbonyl (C=O) groups is 1. The highest BCUT2D eigenvalue weighted by atomic mass is 16.5. The largest absolute Gasteiger partial charge is 0.468 e. The van der Waals surface area contributed by atoms with Crippen molar-refractivity contribution in [2.24, 2.45) is 5.92 Å². The number of ether oxygens (including phenoxy) is 2. The van der Waals surface area contributed by atoms with Gasteiger partial charge in [-0.15, -0.1) is 0 Å². The predicted octanol–water partition coefficient (Wildman–Crippen LogP) is 0.953. The minimum atomic E-state index is -0.182. The molecule has 0 aromatic carbocycles. The summed E-state index contributed by atoms with van der Waals surface area (Å²) in [6, 6.07) is 0.107. The molecule has 1 rings (SSSR count). The van der Waals surface area contributed by atoms with E-state index in [0.29, 0.717) is 5.92 Å². The van der Waals surface area contributed by atoms with E-state index in [2.05, 4.69) is 5.32 Å². The SMILES string of the molecule is COC(=O)C(NC(C)C)C1CCOCC1. The van der Waals surface area contributed by atoms with Crippen LogP contribution in [-0.4, -0.2) is 38.4 Å². The average molecular weight is 215 g/mol. The molecule has 0 aromatic heterocycles. The standard InChI is InChI=1S/C11H21NO3/c1-8(2)12-10(11(13)14-3)9-4-6-15-7-5-9/h8-10,12H,4-7H2,1-3H3. The number of rotatable bonds is 4. The van der Waals surface area contributed by atoms with Crippen LogP contribution < -0.4 is 5.32 Å². The Bertz CT molecular complexity index is 200. The van der Waals surface area contributed by atoms with Crippen molar-refractivity contribution < 1.29 is 14.3 Å².